The summed E-state index contributed by atoms with van der Waals surface area (Å²) in [4.78, 5) is 0.192. The smallest absolute Gasteiger partial charge is 0.141 e. The summed E-state index contributed by atoms with van der Waals surface area (Å²) in [6.45, 7) is 4.62. The van der Waals surface area contributed by atoms with Crippen molar-refractivity contribution in [2.24, 2.45) is 11.3 Å². The van der Waals surface area contributed by atoms with Crippen molar-refractivity contribution in [3.63, 3.8) is 0 Å². The van der Waals surface area contributed by atoms with Crippen LogP contribution in [0.25, 0.3) is 0 Å². The van der Waals surface area contributed by atoms with Crippen LogP contribution < -0.4 is 4.74 Å². The molecule has 2 rings (SSSR count). The summed E-state index contributed by atoms with van der Waals surface area (Å²) in [5.41, 5.74) is 1.33. The lowest BCUT2D eigenvalue weighted by atomic mass is 9.78. The summed E-state index contributed by atoms with van der Waals surface area (Å²) in [6, 6.07) is 3.29. The molecule has 0 heterocycles. The molecule has 1 nitrogen and oxygen atoms in total. The maximum Gasteiger partial charge on any atom is 0.141 e. The summed E-state index contributed by atoms with van der Waals surface area (Å²) in [6.07, 6.45) is 3.69. The lowest BCUT2D eigenvalue weighted by molar-refractivity contribution is 0.254. The van der Waals surface area contributed by atoms with Gasteiger partial charge in [0.1, 0.15) is 11.6 Å². The first kappa shape index (κ1) is 15.3. The molecule has 1 aliphatic rings. The Hall–Kier alpha value is -0.0900. The van der Waals surface area contributed by atoms with Crippen molar-refractivity contribution in [3.05, 3.63) is 28.0 Å². The molecule has 1 aromatic rings. The second-order valence-corrected chi connectivity index (χ2v) is 7.74. The fourth-order valence-electron chi connectivity index (χ4n) is 3.05. The molecular formula is C15H19Br2FO. The van der Waals surface area contributed by atoms with Crippen molar-refractivity contribution in [1.82, 2.24) is 0 Å². The summed E-state index contributed by atoms with van der Waals surface area (Å²) in [7, 11) is 1.59. The molecule has 0 amide bonds. The minimum absolute atomic E-state index is 0.192. The number of benzene rings is 1. The highest BCUT2D eigenvalue weighted by atomic mass is 79.9. The normalized spacial score (nSPS) is 23.4. The van der Waals surface area contributed by atoms with E-state index in [2.05, 4.69) is 45.7 Å². The van der Waals surface area contributed by atoms with E-state index in [1.807, 2.05) is 6.07 Å². The highest BCUT2D eigenvalue weighted by Gasteiger charge is 2.40. The number of ether oxygens (including phenoxy) is 1. The third kappa shape index (κ3) is 2.99. The van der Waals surface area contributed by atoms with Crippen molar-refractivity contribution >= 4 is 31.9 Å². The van der Waals surface area contributed by atoms with Gasteiger partial charge in [-0.15, -0.1) is 0 Å². The van der Waals surface area contributed by atoms with Gasteiger partial charge >= 0.3 is 0 Å². The molecule has 106 valence electrons. The lowest BCUT2D eigenvalue weighted by Crippen LogP contribution is -2.21. The van der Waals surface area contributed by atoms with Crippen LogP contribution in [0, 0.1) is 17.2 Å². The Bertz CT molecular complexity index is 473. The molecule has 4 heteroatoms. The topological polar surface area (TPSA) is 9.23 Å². The van der Waals surface area contributed by atoms with E-state index in [1.54, 1.807) is 7.11 Å². The fourth-order valence-corrected chi connectivity index (χ4v) is 4.75. The first-order valence-electron chi connectivity index (χ1n) is 6.54. The second kappa shape index (κ2) is 5.72. The molecule has 0 bridgehead atoms. The third-order valence-corrected chi connectivity index (χ3v) is 6.00. The predicted octanol–water partition coefficient (Wildman–Crippen LogP) is 5.86. The maximum absolute atomic E-state index is 13.6. The summed E-state index contributed by atoms with van der Waals surface area (Å²) in [5.74, 6) is 0.870. The molecule has 1 fully saturated rings. The fraction of sp³-hybridized carbons (Fsp3) is 0.600. The minimum atomic E-state index is -0.286. The van der Waals surface area contributed by atoms with Crippen LogP contribution in [0.15, 0.2) is 16.6 Å². The Balaban J connectivity index is 2.38. The SMILES string of the molecule is COc1cc(F)c(Br)cc1C(Br)C1CCCC1(C)C. The molecule has 0 spiro atoms. The van der Waals surface area contributed by atoms with Gasteiger partial charge < -0.3 is 4.74 Å². The minimum Gasteiger partial charge on any atom is -0.496 e. The Morgan fingerprint density at radius 1 is 1.42 bits per heavy atom. The highest BCUT2D eigenvalue weighted by molar-refractivity contribution is 9.10. The van der Waals surface area contributed by atoms with Gasteiger partial charge in [0, 0.05) is 16.5 Å². The zero-order chi connectivity index (χ0) is 14.2. The maximum atomic E-state index is 13.6. The molecule has 2 atom stereocenters. The summed E-state index contributed by atoms with van der Waals surface area (Å²) in [5, 5.41) is 0. The Labute approximate surface area is 131 Å². The number of hydrogen-bond acceptors (Lipinski definition) is 1. The molecule has 0 saturated heterocycles. The van der Waals surface area contributed by atoms with Crippen molar-refractivity contribution in [2.45, 2.75) is 37.9 Å². The van der Waals surface area contributed by atoms with Crippen molar-refractivity contribution in [3.8, 4) is 5.75 Å². The number of methoxy groups -OCH3 is 1. The molecule has 2 unspecified atom stereocenters. The van der Waals surface area contributed by atoms with Crippen LogP contribution in [0.2, 0.25) is 0 Å². The average molecular weight is 394 g/mol. The first-order valence-corrected chi connectivity index (χ1v) is 8.24. The standard InChI is InChI=1S/C15H19Br2FO/c1-15(2)6-4-5-10(15)14(17)9-7-11(16)12(18)8-13(9)19-3/h7-8,10,14H,4-6H2,1-3H3. The number of rotatable bonds is 3. The summed E-state index contributed by atoms with van der Waals surface area (Å²) >= 11 is 7.08. The molecule has 1 aliphatic carbocycles. The van der Waals surface area contributed by atoms with Crippen molar-refractivity contribution in [1.29, 1.82) is 0 Å². The molecule has 1 aromatic carbocycles. The van der Waals surface area contributed by atoms with E-state index in [0.717, 1.165) is 5.56 Å². The third-order valence-electron chi connectivity index (χ3n) is 4.26. The van der Waals surface area contributed by atoms with Gasteiger partial charge in [0.15, 0.2) is 0 Å². The number of halogens is 3. The zero-order valence-electron chi connectivity index (χ0n) is 11.5. The van der Waals surface area contributed by atoms with Crippen LogP contribution in [0.4, 0.5) is 4.39 Å². The van der Waals surface area contributed by atoms with Crippen molar-refractivity contribution < 1.29 is 9.13 Å². The number of alkyl halides is 1. The van der Waals surface area contributed by atoms with Gasteiger partial charge in [-0.2, -0.15) is 0 Å². The van der Waals surface area contributed by atoms with Crippen LogP contribution in [-0.4, -0.2) is 7.11 Å². The summed E-state index contributed by atoms with van der Waals surface area (Å²) < 4.78 is 19.4. The Kier molecular flexibility index (Phi) is 4.61. The van der Waals surface area contributed by atoms with Gasteiger partial charge in [-0.25, -0.2) is 4.39 Å². The average Bonchev–Trinajstić information content (AvgIpc) is 2.71. The molecule has 19 heavy (non-hydrogen) atoms. The van der Waals surface area contributed by atoms with E-state index in [0.29, 0.717) is 21.6 Å². The molecule has 1 saturated carbocycles. The Morgan fingerprint density at radius 2 is 2.11 bits per heavy atom. The van der Waals surface area contributed by atoms with Crippen LogP contribution in [0.3, 0.4) is 0 Å². The monoisotopic (exact) mass is 392 g/mol. The van der Waals surface area contributed by atoms with E-state index in [4.69, 9.17) is 4.74 Å². The molecule has 0 radical (unpaired) electrons. The van der Waals surface area contributed by atoms with E-state index in [-0.39, 0.29) is 10.6 Å². The van der Waals surface area contributed by atoms with Gasteiger partial charge in [-0.1, -0.05) is 36.2 Å². The Morgan fingerprint density at radius 3 is 2.63 bits per heavy atom. The van der Waals surface area contributed by atoms with Gasteiger partial charge in [-0.05, 0) is 46.2 Å². The molecular weight excluding hydrogens is 375 g/mol. The van der Waals surface area contributed by atoms with Crippen LogP contribution in [0.1, 0.15) is 43.5 Å². The first-order chi connectivity index (χ1) is 8.86. The van der Waals surface area contributed by atoms with Crippen LogP contribution in [-0.2, 0) is 0 Å². The molecule has 0 aliphatic heterocycles. The van der Waals surface area contributed by atoms with Gasteiger partial charge in [0.25, 0.3) is 0 Å². The van der Waals surface area contributed by atoms with E-state index >= 15 is 0 Å². The van der Waals surface area contributed by atoms with E-state index < -0.39 is 0 Å². The van der Waals surface area contributed by atoms with Crippen LogP contribution in [0.5, 0.6) is 5.75 Å². The van der Waals surface area contributed by atoms with E-state index in [1.165, 1.54) is 25.3 Å². The zero-order valence-corrected chi connectivity index (χ0v) is 14.6. The lowest BCUT2D eigenvalue weighted by Gasteiger charge is -2.32. The van der Waals surface area contributed by atoms with Crippen LogP contribution >= 0.6 is 31.9 Å². The van der Waals surface area contributed by atoms with Crippen molar-refractivity contribution in [2.75, 3.05) is 7.11 Å². The second-order valence-electron chi connectivity index (χ2n) is 5.90. The van der Waals surface area contributed by atoms with Gasteiger partial charge in [0.05, 0.1) is 11.6 Å². The largest absolute Gasteiger partial charge is 0.496 e. The van der Waals surface area contributed by atoms with Gasteiger partial charge in [-0.3, -0.25) is 0 Å². The molecule has 0 aromatic heterocycles. The highest BCUT2D eigenvalue weighted by Crippen LogP contribution is 2.53. The predicted molar refractivity (Wildman–Crippen MR) is 83.4 cm³/mol. The quantitative estimate of drug-likeness (QED) is 0.584. The van der Waals surface area contributed by atoms with E-state index in [9.17, 15) is 4.39 Å². The number of hydrogen-bond donors (Lipinski definition) is 0. The molecule has 0 N–H and O–H groups in total. The van der Waals surface area contributed by atoms with Gasteiger partial charge in [0.2, 0.25) is 0 Å².